The Morgan fingerprint density at radius 3 is 1.02 bits per heavy atom. The summed E-state index contributed by atoms with van der Waals surface area (Å²) in [5.41, 5.74) is -6.71. The first kappa shape index (κ1) is 46.8. The predicted molar refractivity (Wildman–Crippen MR) is 112 cm³/mol. The number of rotatable bonds is 13. The highest BCUT2D eigenvalue weighted by Gasteiger charge is 2.93. The molecule has 0 unspecified atom stereocenters. The standard InChI is InChI=1S/C20H5F26N3O4/c21-9(22,11(25,26)13(29,30)15(33,34)17(37,38)19(41,42)43)7(50)47-4-1-2-6(49(52)53)5(3-4)48-8(51)10(23,24)12(27,28)14(31,32)16(35,36)18(39,40)20(44,45)46/h1-3H,(H,47,50)(H,48,51). The van der Waals surface area contributed by atoms with Crippen LogP contribution in [0, 0.1) is 10.1 Å². The van der Waals surface area contributed by atoms with E-state index in [9.17, 15) is 134 Å². The van der Waals surface area contributed by atoms with Gasteiger partial charge in [-0.25, -0.2) is 0 Å². The average Bonchev–Trinajstić information content (AvgIpc) is 2.94. The molecule has 0 aliphatic heterocycles. The average molecular weight is 845 g/mol. The fourth-order valence-corrected chi connectivity index (χ4v) is 3.11. The normalized spacial score (nSPS) is 15.3. The van der Waals surface area contributed by atoms with E-state index in [1.165, 1.54) is 0 Å². The van der Waals surface area contributed by atoms with Crippen molar-refractivity contribution in [3.05, 3.63) is 28.3 Å². The third-order valence-corrected chi connectivity index (χ3v) is 6.14. The number of nitro benzene ring substituents is 1. The van der Waals surface area contributed by atoms with Gasteiger partial charge in [0.1, 0.15) is 5.69 Å². The van der Waals surface area contributed by atoms with Gasteiger partial charge in [0.15, 0.2) is 0 Å². The SMILES string of the molecule is O=C(Nc1ccc([N+](=O)[O-])c(NC(=O)C(F)(F)C(F)(F)C(F)(F)C(F)(F)C(F)(F)C(F)(F)F)c1)C(F)(F)C(F)(F)C(F)(F)C(F)(F)C(F)(F)C(F)(F)F. The highest BCUT2D eigenvalue weighted by atomic mass is 19.4. The van der Waals surface area contributed by atoms with Crippen molar-refractivity contribution in [2.45, 2.75) is 71.6 Å². The summed E-state index contributed by atoms with van der Waals surface area (Å²) in [6.07, 6.45) is -15.8. The first-order valence-corrected chi connectivity index (χ1v) is 11.6. The predicted octanol–water partition coefficient (Wildman–Crippen LogP) is 8.95. The number of hydrogen-bond donors (Lipinski definition) is 2. The molecule has 7 nitrogen and oxygen atoms in total. The molecule has 306 valence electrons. The van der Waals surface area contributed by atoms with Gasteiger partial charge in [-0.3, -0.25) is 19.7 Å². The van der Waals surface area contributed by atoms with Gasteiger partial charge in [0.05, 0.1) is 4.92 Å². The molecule has 0 saturated carbocycles. The van der Waals surface area contributed by atoms with E-state index < -0.39 is 118 Å². The van der Waals surface area contributed by atoms with Crippen LogP contribution in [0.25, 0.3) is 0 Å². The number of carbonyl (C=O) groups excluding carboxylic acids is 2. The topological polar surface area (TPSA) is 101 Å². The van der Waals surface area contributed by atoms with Gasteiger partial charge in [0.25, 0.3) is 5.69 Å². The molecular formula is C20H5F26N3O4. The Morgan fingerprint density at radius 1 is 0.453 bits per heavy atom. The van der Waals surface area contributed by atoms with Crippen molar-refractivity contribution in [1.82, 2.24) is 0 Å². The third kappa shape index (κ3) is 6.63. The number of amides is 2. The fourth-order valence-electron chi connectivity index (χ4n) is 3.11. The number of carbonyl (C=O) groups is 2. The molecule has 2 amide bonds. The molecule has 1 aromatic rings. The molecule has 0 radical (unpaired) electrons. The summed E-state index contributed by atoms with van der Waals surface area (Å²) in [5, 5.41) is 11.2. The Morgan fingerprint density at radius 2 is 0.736 bits per heavy atom. The van der Waals surface area contributed by atoms with Gasteiger partial charge in [-0.05, 0) is 12.1 Å². The zero-order valence-corrected chi connectivity index (χ0v) is 23.1. The van der Waals surface area contributed by atoms with E-state index in [0.29, 0.717) is 0 Å². The van der Waals surface area contributed by atoms with Gasteiger partial charge in [0.2, 0.25) is 0 Å². The van der Waals surface area contributed by atoms with Crippen LogP contribution in [0.5, 0.6) is 0 Å². The Balaban J connectivity index is 3.69. The molecule has 1 aromatic carbocycles. The Kier molecular flexibility index (Phi) is 11.2. The lowest BCUT2D eigenvalue weighted by molar-refractivity contribution is -0.436. The molecule has 0 bridgehead atoms. The van der Waals surface area contributed by atoms with Crippen LogP contribution in [0.4, 0.5) is 131 Å². The molecular weight excluding hydrogens is 840 g/mol. The summed E-state index contributed by atoms with van der Waals surface area (Å²) in [5.74, 6) is -91.7. The molecule has 0 aromatic heterocycles. The smallest absolute Gasteiger partial charge is 0.321 e. The molecule has 53 heavy (non-hydrogen) atoms. The van der Waals surface area contributed by atoms with Crippen LogP contribution < -0.4 is 10.6 Å². The molecule has 0 spiro atoms. The van der Waals surface area contributed by atoms with Gasteiger partial charge in [0, 0.05) is 11.8 Å². The van der Waals surface area contributed by atoms with Crippen LogP contribution in [0.15, 0.2) is 18.2 Å². The lowest BCUT2D eigenvalue weighted by atomic mass is 9.93. The maximum absolute atomic E-state index is 14.1. The molecule has 1 rings (SSSR count). The minimum Gasteiger partial charge on any atom is -0.321 e. The van der Waals surface area contributed by atoms with Crippen molar-refractivity contribution in [1.29, 1.82) is 0 Å². The van der Waals surface area contributed by atoms with E-state index >= 15 is 0 Å². The summed E-state index contributed by atoms with van der Waals surface area (Å²) < 4.78 is 345. The first-order chi connectivity index (χ1) is 22.8. The van der Waals surface area contributed by atoms with E-state index in [-0.39, 0.29) is 16.7 Å². The summed E-state index contributed by atoms with van der Waals surface area (Å²) in [4.78, 5) is 32.3. The van der Waals surface area contributed by atoms with Crippen molar-refractivity contribution in [2.75, 3.05) is 10.6 Å². The molecule has 0 aliphatic carbocycles. The van der Waals surface area contributed by atoms with E-state index in [0.717, 1.165) is 0 Å². The maximum atomic E-state index is 14.1. The summed E-state index contributed by atoms with van der Waals surface area (Å²) in [7, 11) is 0. The summed E-state index contributed by atoms with van der Waals surface area (Å²) in [6.45, 7) is 0. The van der Waals surface area contributed by atoms with E-state index in [1.54, 1.807) is 0 Å². The van der Waals surface area contributed by atoms with Crippen LogP contribution in [0.1, 0.15) is 0 Å². The van der Waals surface area contributed by atoms with Gasteiger partial charge in [-0.15, -0.1) is 0 Å². The van der Waals surface area contributed by atoms with E-state index in [1.807, 2.05) is 0 Å². The van der Waals surface area contributed by atoms with Crippen LogP contribution in [0.3, 0.4) is 0 Å². The van der Waals surface area contributed by atoms with Crippen LogP contribution in [-0.2, 0) is 9.59 Å². The molecule has 0 heterocycles. The van der Waals surface area contributed by atoms with Gasteiger partial charge in [-0.1, -0.05) is 0 Å². The minimum absolute atomic E-state index is 0.00626. The largest absolute Gasteiger partial charge is 0.460 e. The third-order valence-electron chi connectivity index (χ3n) is 6.14. The zero-order chi connectivity index (χ0) is 43.0. The number of alkyl halides is 26. The molecule has 33 heteroatoms. The molecule has 0 fully saturated rings. The van der Waals surface area contributed by atoms with Gasteiger partial charge in [-0.2, -0.15) is 114 Å². The van der Waals surface area contributed by atoms with Gasteiger partial charge >= 0.3 is 83.4 Å². The number of anilines is 2. The van der Waals surface area contributed by atoms with Crippen LogP contribution in [0.2, 0.25) is 0 Å². The summed E-state index contributed by atoms with van der Waals surface area (Å²) in [6, 6.07) is -1.71. The van der Waals surface area contributed by atoms with E-state index in [4.69, 9.17) is 0 Å². The lowest BCUT2D eigenvalue weighted by Crippen LogP contribution is -2.71. The molecule has 0 saturated heterocycles. The maximum Gasteiger partial charge on any atom is 0.460 e. The quantitative estimate of drug-likeness (QED) is 0.118. The Labute approximate surface area is 269 Å². The summed E-state index contributed by atoms with van der Waals surface area (Å²) >= 11 is 0. The molecule has 2 N–H and O–H groups in total. The van der Waals surface area contributed by atoms with E-state index in [2.05, 4.69) is 0 Å². The number of halogens is 26. The Hall–Kier alpha value is -4.26. The zero-order valence-electron chi connectivity index (χ0n) is 23.1. The minimum atomic E-state index is -8.64. The van der Waals surface area contributed by atoms with Crippen molar-refractivity contribution in [2.24, 2.45) is 0 Å². The fraction of sp³-hybridized carbons (Fsp3) is 0.600. The van der Waals surface area contributed by atoms with Crippen LogP contribution >= 0.6 is 0 Å². The number of nitrogens with zero attached hydrogens (tertiary/aromatic N) is 1. The van der Waals surface area contributed by atoms with Crippen molar-refractivity contribution < 1.29 is 129 Å². The number of hydrogen-bond acceptors (Lipinski definition) is 4. The second kappa shape index (κ2) is 12.7. The second-order valence-electron chi connectivity index (χ2n) is 9.64. The number of nitro groups is 1. The van der Waals surface area contributed by atoms with Crippen molar-refractivity contribution >= 4 is 28.9 Å². The second-order valence-corrected chi connectivity index (χ2v) is 9.64. The number of benzene rings is 1. The van der Waals surface area contributed by atoms with Crippen LogP contribution in [-0.4, -0.2) is 88.3 Å². The van der Waals surface area contributed by atoms with Crippen molar-refractivity contribution in [3.63, 3.8) is 0 Å². The lowest BCUT2D eigenvalue weighted by Gasteiger charge is -2.39. The molecule has 0 aliphatic rings. The van der Waals surface area contributed by atoms with Gasteiger partial charge < -0.3 is 10.6 Å². The molecule has 0 atom stereocenters. The van der Waals surface area contributed by atoms with Crippen molar-refractivity contribution in [3.8, 4) is 0 Å². The Bertz CT molecular complexity index is 1600. The highest BCUT2D eigenvalue weighted by Crippen LogP contribution is 2.62. The highest BCUT2D eigenvalue weighted by molar-refractivity contribution is 6.01. The number of nitrogens with one attached hydrogen (secondary N) is 2. The monoisotopic (exact) mass is 845 g/mol. The first-order valence-electron chi connectivity index (χ1n) is 11.6.